The van der Waals surface area contributed by atoms with Crippen molar-refractivity contribution in [1.29, 1.82) is 0 Å². The Balaban J connectivity index is 1.73. The van der Waals surface area contributed by atoms with Gasteiger partial charge in [0, 0.05) is 12.1 Å². The van der Waals surface area contributed by atoms with Crippen LogP contribution in [0.2, 0.25) is 0 Å². The van der Waals surface area contributed by atoms with Gasteiger partial charge in [-0.25, -0.2) is 4.39 Å². The Morgan fingerprint density at radius 3 is 2.50 bits per heavy atom. The molecule has 0 saturated carbocycles. The first-order valence-corrected chi connectivity index (χ1v) is 8.50. The van der Waals surface area contributed by atoms with Crippen LogP contribution in [0.15, 0.2) is 24.3 Å². The van der Waals surface area contributed by atoms with Gasteiger partial charge in [0.1, 0.15) is 5.82 Å². The van der Waals surface area contributed by atoms with Gasteiger partial charge in [-0.2, -0.15) is 0 Å². The van der Waals surface area contributed by atoms with Gasteiger partial charge < -0.3 is 15.3 Å². The van der Waals surface area contributed by atoms with Crippen LogP contribution >= 0.6 is 0 Å². The Kier molecular flexibility index (Phi) is 6.80. The van der Waals surface area contributed by atoms with Crippen LogP contribution < -0.4 is 5.32 Å². The molecule has 2 unspecified atom stereocenters. The minimum Gasteiger partial charge on any atom is -0.388 e. The van der Waals surface area contributed by atoms with E-state index in [0.29, 0.717) is 12.5 Å². The number of piperidine rings is 1. The summed E-state index contributed by atoms with van der Waals surface area (Å²) in [6, 6.07) is 6.93. The van der Waals surface area contributed by atoms with Crippen LogP contribution in [0.3, 0.4) is 0 Å². The van der Waals surface area contributed by atoms with Gasteiger partial charge in [0.25, 0.3) is 0 Å². The van der Waals surface area contributed by atoms with Crippen molar-refractivity contribution in [1.82, 2.24) is 10.2 Å². The topological polar surface area (TPSA) is 35.5 Å². The first kappa shape index (κ1) is 17.4. The van der Waals surface area contributed by atoms with Gasteiger partial charge in [0.2, 0.25) is 0 Å². The van der Waals surface area contributed by atoms with Crippen molar-refractivity contribution in [2.24, 2.45) is 0 Å². The molecule has 1 heterocycles. The number of rotatable bonds is 7. The van der Waals surface area contributed by atoms with Crippen molar-refractivity contribution in [2.45, 2.75) is 57.7 Å². The third-order valence-corrected chi connectivity index (χ3v) is 4.48. The number of nitrogens with one attached hydrogen (secondary N) is 1. The minimum absolute atomic E-state index is 0.253. The molecule has 1 aliphatic heterocycles. The van der Waals surface area contributed by atoms with E-state index in [-0.39, 0.29) is 11.9 Å². The zero-order valence-electron chi connectivity index (χ0n) is 13.8. The Morgan fingerprint density at radius 1 is 1.27 bits per heavy atom. The lowest BCUT2D eigenvalue weighted by Crippen LogP contribution is -2.45. The highest BCUT2D eigenvalue weighted by atomic mass is 19.1. The Labute approximate surface area is 133 Å². The van der Waals surface area contributed by atoms with E-state index in [1.165, 1.54) is 51.0 Å². The maximum absolute atomic E-state index is 12.9. The molecule has 2 N–H and O–H groups in total. The maximum atomic E-state index is 12.9. The average Bonchev–Trinajstić information content (AvgIpc) is 2.50. The van der Waals surface area contributed by atoms with Gasteiger partial charge in [-0.1, -0.05) is 19.1 Å². The molecule has 3 nitrogen and oxygen atoms in total. The van der Waals surface area contributed by atoms with Crippen molar-refractivity contribution in [2.75, 3.05) is 19.6 Å². The molecule has 124 valence electrons. The number of aliphatic hydroxyl groups is 1. The maximum Gasteiger partial charge on any atom is 0.123 e. The van der Waals surface area contributed by atoms with Crippen LogP contribution in [-0.4, -0.2) is 41.7 Å². The quantitative estimate of drug-likeness (QED) is 0.812. The van der Waals surface area contributed by atoms with Crippen molar-refractivity contribution in [3.05, 3.63) is 35.6 Å². The minimum atomic E-state index is -0.539. The first-order valence-electron chi connectivity index (χ1n) is 8.50. The zero-order chi connectivity index (χ0) is 15.9. The number of hydrogen-bond donors (Lipinski definition) is 2. The Bertz CT molecular complexity index is 429. The fraction of sp³-hybridized carbons (Fsp3) is 0.667. The van der Waals surface area contributed by atoms with Gasteiger partial charge in [-0.05, 0) is 69.9 Å². The summed E-state index contributed by atoms with van der Waals surface area (Å²) in [7, 11) is 0. The van der Waals surface area contributed by atoms with Gasteiger partial charge in [-0.3, -0.25) is 0 Å². The summed E-state index contributed by atoms with van der Waals surface area (Å²) >= 11 is 0. The van der Waals surface area contributed by atoms with E-state index in [1.807, 2.05) is 0 Å². The molecule has 0 bridgehead atoms. The van der Waals surface area contributed by atoms with Gasteiger partial charge in [0.15, 0.2) is 0 Å². The van der Waals surface area contributed by atoms with E-state index < -0.39 is 6.10 Å². The fourth-order valence-corrected chi connectivity index (χ4v) is 3.27. The summed E-state index contributed by atoms with van der Waals surface area (Å²) in [5, 5.41) is 13.9. The van der Waals surface area contributed by atoms with E-state index in [0.717, 1.165) is 5.56 Å². The lowest BCUT2D eigenvalue weighted by molar-refractivity contribution is 0.142. The van der Waals surface area contributed by atoms with Crippen LogP contribution in [0, 0.1) is 5.82 Å². The lowest BCUT2D eigenvalue weighted by Gasteiger charge is -2.34. The predicted octanol–water partition coefficient (Wildman–Crippen LogP) is 3.10. The van der Waals surface area contributed by atoms with Crippen molar-refractivity contribution in [3.8, 4) is 0 Å². The molecule has 0 spiro atoms. The largest absolute Gasteiger partial charge is 0.388 e. The summed E-state index contributed by atoms with van der Waals surface area (Å²) in [6.45, 7) is 7.87. The summed E-state index contributed by atoms with van der Waals surface area (Å²) in [6.07, 6.45) is 3.69. The molecule has 0 radical (unpaired) electrons. The van der Waals surface area contributed by atoms with E-state index in [9.17, 15) is 9.50 Å². The SMILES string of the molecule is CCCN1CCC(NC(C)CC(O)c2ccc(F)cc2)CC1. The van der Waals surface area contributed by atoms with Crippen molar-refractivity contribution in [3.63, 3.8) is 0 Å². The molecule has 0 aliphatic carbocycles. The third kappa shape index (κ3) is 5.34. The van der Waals surface area contributed by atoms with Crippen LogP contribution in [0.25, 0.3) is 0 Å². The van der Waals surface area contributed by atoms with E-state index in [4.69, 9.17) is 0 Å². The average molecular weight is 308 g/mol. The molecule has 1 fully saturated rings. The number of likely N-dealkylation sites (tertiary alicyclic amines) is 1. The highest BCUT2D eigenvalue weighted by molar-refractivity contribution is 5.18. The molecule has 0 aromatic heterocycles. The Morgan fingerprint density at radius 2 is 1.91 bits per heavy atom. The highest BCUT2D eigenvalue weighted by Crippen LogP contribution is 2.20. The second-order valence-electron chi connectivity index (χ2n) is 6.49. The Hall–Kier alpha value is -0.970. The molecule has 1 aromatic rings. The zero-order valence-corrected chi connectivity index (χ0v) is 13.8. The summed E-state index contributed by atoms with van der Waals surface area (Å²) in [5.41, 5.74) is 0.785. The van der Waals surface area contributed by atoms with Gasteiger partial charge >= 0.3 is 0 Å². The smallest absolute Gasteiger partial charge is 0.123 e. The number of aliphatic hydroxyl groups excluding tert-OH is 1. The van der Waals surface area contributed by atoms with Crippen LogP contribution in [-0.2, 0) is 0 Å². The van der Waals surface area contributed by atoms with Gasteiger partial charge in [0.05, 0.1) is 6.10 Å². The first-order chi connectivity index (χ1) is 10.6. The van der Waals surface area contributed by atoms with E-state index in [2.05, 4.69) is 24.1 Å². The number of nitrogens with zero attached hydrogens (tertiary/aromatic N) is 1. The molecule has 2 atom stereocenters. The molecule has 22 heavy (non-hydrogen) atoms. The van der Waals surface area contributed by atoms with Crippen LogP contribution in [0.4, 0.5) is 4.39 Å². The van der Waals surface area contributed by atoms with Gasteiger partial charge in [-0.15, -0.1) is 0 Å². The standard InChI is InChI=1S/C18H29FN2O/c1-3-10-21-11-8-17(9-12-21)20-14(2)13-18(22)15-4-6-16(19)7-5-15/h4-7,14,17-18,20,22H,3,8-13H2,1-2H3. The second-order valence-corrected chi connectivity index (χ2v) is 6.49. The molecule has 1 aromatic carbocycles. The lowest BCUT2D eigenvalue weighted by atomic mass is 9.99. The summed E-state index contributed by atoms with van der Waals surface area (Å²) in [5.74, 6) is -0.263. The number of hydrogen-bond acceptors (Lipinski definition) is 3. The second kappa shape index (κ2) is 8.61. The van der Waals surface area contributed by atoms with E-state index in [1.54, 1.807) is 12.1 Å². The number of benzene rings is 1. The molecule has 2 rings (SSSR count). The molecule has 0 amide bonds. The van der Waals surface area contributed by atoms with Crippen molar-refractivity contribution >= 4 is 0 Å². The normalized spacial score (nSPS) is 20.0. The summed E-state index contributed by atoms with van der Waals surface area (Å²) in [4.78, 5) is 2.52. The van der Waals surface area contributed by atoms with Crippen molar-refractivity contribution < 1.29 is 9.50 Å². The monoisotopic (exact) mass is 308 g/mol. The van der Waals surface area contributed by atoms with E-state index >= 15 is 0 Å². The predicted molar refractivity (Wildman–Crippen MR) is 88.3 cm³/mol. The van der Waals surface area contributed by atoms with Crippen LogP contribution in [0.1, 0.15) is 51.2 Å². The number of halogens is 1. The molecular formula is C18H29FN2O. The third-order valence-electron chi connectivity index (χ3n) is 4.48. The van der Waals surface area contributed by atoms with Crippen LogP contribution in [0.5, 0.6) is 0 Å². The molecule has 1 saturated heterocycles. The molecule has 4 heteroatoms. The molecular weight excluding hydrogens is 279 g/mol. The highest BCUT2D eigenvalue weighted by Gasteiger charge is 2.21. The fourth-order valence-electron chi connectivity index (χ4n) is 3.27. The molecule has 1 aliphatic rings. The summed E-state index contributed by atoms with van der Waals surface area (Å²) < 4.78 is 12.9.